The van der Waals surface area contributed by atoms with E-state index < -0.39 is 0 Å². The molecule has 0 bridgehead atoms. The first-order valence-electron chi connectivity index (χ1n) is 5.02. The zero-order valence-electron chi connectivity index (χ0n) is 8.35. The van der Waals surface area contributed by atoms with Crippen LogP contribution >= 0.6 is 11.8 Å². The maximum Gasteiger partial charge on any atom is 0.268 e. The van der Waals surface area contributed by atoms with Gasteiger partial charge in [0.1, 0.15) is 11.6 Å². The van der Waals surface area contributed by atoms with Crippen molar-refractivity contribution in [2.45, 2.75) is 18.9 Å². The molecule has 1 aliphatic rings. The number of thioether (sulfide) groups is 1. The van der Waals surface area contributed by atoms with Crippen molar-refractivity contribution in [3.8, 4) is 6.07 Å². The van der Waals surface area contributed by atoms with E-state index in [2.05, 4.69) is 0 Å². The highest BCUT2D eigenvalue weighted by Gasteiger charge is 2.17. The number of hydrogen-bond donors (Lipinski definition) is 0. The molecule has 1 aromatic heterocycles. The van der Waals surface area contributed by atoms with Gasteiger partial charge in [-0.25, -0.2) is 0 Å². The van der Waals surface area contributed by atoms with E-state index in [1.165, 1.54) is 0 Å². The van der Waals surface area contributed by atoms with Gasteiger partial charge in [0.2, 0.25) is 0 Å². The average molecular weight is 220 g/mol. The monoisotopic (exact) mass is 220 g/mol. The normalized spacial score (nSPS) is 17.3. The number of hydrogen-bond acceptors (Lipinski definition) is 3. The first-order valence-corrected chi connectivity index (χ1v) is 6.17. The molecule has 78 valence electrons. The summed E-state index contributed by atoms with van der Waals surface area (Å²) in [5.74, 6) is 2.21. The van der Waals surface area contributed by atoms with Crippen LogP contribution in [0.5, 0.6) is 0 Å². The summed E-state index contributed by atoms with van der Waals surface area (Å²) < 4.78 is 1.72. The van der Waals surface area contributed by atoms with Crippen LogP contribution in [0.25, 0.3) is 0 Å². The maximum atomic E-state index is 11.8. The first kappa shape index (κ1) is 10.3. The molecule has 1 saturated heterocycles. The Morgan fingerprint density at radius 3 is 2.87 bits per heavy atom. The van der Waals surface area contributed by atoms with Gasteiger partial charge < -0.3 is 4.57 Å². The molecule has 0 spiro atoms. The number of nitrogens with zero attached hydrogens (tertiary/aromatic N) is 2. The summed E-state index contributed by atoms with van der Waals surface area (Å²) in [5, 5.41) is 8.77. The van der Waals surface area contributed by atoms with E-state index >= 15 is 0 Å². The standard InChI is InChI=1S/C11H12N2OS/c12-8-9-2-1-5-13(11(9)14)10-3-6-15-7-4-10/h1-2,5,10H,3-4,6-7H2. The first-order chi connectivity index (χ1) is 7.33. The smallest absolute Gasteiger partial charge is 0.268 e. The lowest BCUT2D eigenvalue weighted by Gasteiger charge is -2.23. The molecular formula is C11H12N2OS. The van der Waals surface area contributed by atoms with E-state index in [0.29, 0.717) is 0 Å². The van der Waals surface area contributed by atoms with Gasteiger partial charge in [0, 0.05) is 12.2 Å². The van der Waals surface area contributed by atoms with Crippen molar-refractivity contribution in [3.05, 3.63) is 34.2 Å². The molecule has 2 heterocycles. The van der Waals surface area contributed by atoms with E-state index in [1.807, 2.05) is 17.8 Å². The third kappa shape index (κ3) is 2.07. The molecule has 0 saturated carbocycles. The Bertz CT molecular complexity index is 441. The number of pyridine rings is 1. The molecule has 1 aliphatic heterocycles. The summed E-state index contributed by atoms with van der Waals surface area (Å²) in [7, 11) is 0. The molecule has 3 nitrogen and oxygen atoms in total. The van der Waals surface area contributed by atoms with Gasteiger partial charge in [0.05, 0.1) is 0 Å². The van der Waals surface area contributed by atoms with Gasteiger partial charge in [-0.15, -0.1) is 0 Å². The van der Waals surface area contributed by atoms with E-state index in [0.717, 1.165) is 24.3 Å². The second-order valence-corrected chi connectivity index (χ2v) is 4.81. The molecule has 2 rings (SSSR count). The molecule has 0 aromatic carbocycles. The summed E-state index contributed by atoms with van der Waals surface area (Å²) in [6, 6.07) is 5.58. The summed E-state index contributed by atoms with van der Waals surface area (Å²) in [4.78, 5) is 11.8. The highest BCUT2D eigenvalue weighted by Crippen LogP contribution is 2.25. The van der Waals surface area contributed by atoms with E-state index in [9.17, 15) is 4.79 Å². The van der Waals surface area contributed by atoms with Crippen LogP contribution in [0.15, 0.2) is 23.1 Å². The Labute approximate surface area is 92.7 Å². The SMILES string of the molecule is N#Cc1cccn(C2CCSCC2)c1=O. The Kier molecular flexibility index (Phi) is 3.12. The topological polar surface area (TPSA) is 45.8 Å². The van der Waals surface area contributed by atoms with Gasteiger partial charge in [0.15, 0.2) is 0 Å². The number of nitriles is 1. The van der Waals surface area contributed by atoms with E-state index in [4.69, 9.17) is 5.26 Å². The van der Waals surface area contributed by atoms with Crippen molar-refractivity contribution < 1.29 is 0 Å². The molecular weight excluding hydrogens is 208 g/mol. The fraction of sp³-hybridized carbons (Fsp3) is 0.455. The van der Waals surface area contributed by atoms with Crippen molar-refractivity contribution in [2.75, 3.05) is 11.5 Å². The molecule has 0 amide bonds. The zero-order valence-corrected chi connectivity index (χ0v) is 9.17. The van der Waals surface area contributed by atoms with Gasteiger partial charge in [0.25, 0.3) is 5.56 Å². The fourth-order valence-electron chi connectivity index (χ4n) is 1.85. The molecule has 1 aromatic rings. The third-order valence-electron chi connectivity index (χ3n) is 2.68. The van der Waals surface area contributed by atoms with Crippen molar-refractivity contribution in [2.24, 2.45) is 0 Å². The molecule has 1 fully saturated rings. The Morgan fingerprint density at radius 1 is 1.47 bits per heavy atom. The van der Waals surface area contributed by atoms with Crippen molar-refractivity contribution in [1.29, 1.82) is 5.26 Å². The van der Waals surface area contributed by atoms with Crippen LogP contribution in [0.4, 0.5) is 0 Å². The van der Waals surface area contributed by atoms with Crippen LogP contribution in [0.2, 0.25) is 0 Å². The number of aromatic nitrogens is 1. The second kappa shape index (κ2) is 4.54. The molecule has 4 heteroatoms. The number of rotatable bonds is 1. The van der Waals surface area contributed by atoms with Crippen molar-refractivity contribution in [3.63, 3.8) is 0 Å². The van der Waals surface area contributed by atoms with Crippen LogP contribution in [-0.4, -0.2) is 16.1 Å². The van der Waals surface area contributed by atoms with Gasteiger partial charge in [-0.3, -0.25) is 4.79 Å². The van der Waals surface area contributed by atoms with E-state index in [1.54, 1.807) is 22.9 Å². The average Bonchev–Trinajstić information content (AvgIpc) is 2.30. The lowest BCUT2D eigenvalue weighted by atomic mass is 10.1. The predicted octanol–water partition coefficient (Wildman–Crippen LogP) is 1.79. The van der Waals surface area contributed by atoms with Crippen LogP contribution in [0, 0.1) is 11.3 Å². The molecule has 0 radical (unpaired) electrons. The summed E-state index contributed by atoms with van der Waals surface area (Å²) in [6.07, 6.45) is 3.85. The quantitative estimate of drug-likeness (QED) is 0.724. The molecule has 0 aliphatic carbocycles. The summed E-state index contributed by atoms with van der Waals surface area (Å²) in [5.41, 5.74) is 0.104. The highest BCUT2D eigenvalue weighted by molar-refractivity contribution is 7.99. The minimum atomic E-state index is -0.142. The van der Waals surface area contributed by atoms with Gasteiger partial charge in [-0.1, -0.05) is 0 Å². The molecule has 0 N–H and O–H groups in total. The van der Waals surface area contributed by atoms with Gasteiger partial charge in [-0.2, -0.15) is 17.0 Å². The highest BCUT2D eigenvalue weighted by atomic mass is 32.2. The molecule has 0 unspecified atom stereocenters. The lowest BCUT2D eigenvalue weighted by Crippen LogP contribution is -2.28. The van der Waals surface area contributed by atoms with Crippen LogP contribution in [-0.2, 0) is 0 Å². The largest absolute Gasteiger partial charge is 0.311 e. The third-order valence-corrected chi connectivity index (χ3v) is 3.73. The maximum absolute atomic E-state index is 11.8. The van der Waals surface area contributed by atoms with Gasteiger partial charge in [-0.05, 0) is 36.5 Å². The van der Waals surface area contributed by atoms with E-state index in [-0.39, 0.29) is 17.2 Å². The minimum Gasteiger partial charge on any atom is -0.311 e. The van der Waals surface area contributed by atoms with Crippen molar-refractivity contribution in [1.82, 2.24) is 4.57 Å². The van der Waals surface area contributed by atoms with Crippen molar-refractivity contribution >= 4 is 11.8 Å². The Hall–Kier alpha value is -1.21. The zero-order chi connectivity index (χ0) is 10.7. The predicted molar refractivity (Wildman–Crippen MR) is 61.0 cm³/mol. The lowest BCUT2D eigenvalue weighted by molar-refractivity contribution is 0.456. The summed E-state index contributed by atoms with van der Waals surface area (Å²) >= 11 is 1.93. The minimum absolute atomic E-state index is 0.142. The molecule has 0 atom stereocenters. The summed E-state index contributed by atoms with van der Waals surface area (Å²) in [6.45, 7) is 0. The van der Waals surface area contributed by atoms with Gasteiger partial charge >= 0.3 is 0 Å². The Morgan fingerprint density at radius 2 is 2.20 bits per heavy atom. The van der Waals surface area contributed by atoms with Crippen LogP contribution in [0.3, 0.4) is 0 Å². The second-order valence-electron chi connectivity index (χ2n) is 3.59. The molecule has 15 heavy (non-hydrogen) atoms. The van der Waals surface area contributed by atoms with Crippen LogP contribution < -0.4 is 5.56 Å². The Balaban J connectivity index is 2.36. The van der Waals surface area contributed by atoms with Crippen LogP contribution in [0.1, 0.15) is 24.4 Å². The fourth-order valence-corrected chi connectivity index (χ4v) is 2.93.